The van der Waals surface area contributed by atoms with Crippen LogP contribution in [0.5, 0.6) is 5.75 Å². The van der Waals surface area contributed by atoms with Crippen LogP contribution in [0.3, 0.4) is 0 Å². The Morgan fingerprint density at radius 1 is 1.52 bits per heavy atom. The first-order valence-electron chi connectivity index (χ1n) is 6.42. The first kappa shape index (κ1) is 15.0. The molecule has 1 aliphatic rings. The third-order valence-corrected chi connectivity index (χ3v) is 3.11. The number of aliphatic hydroxyl groups excluding tert-OH is 1. The number of fused-ring (bicyclic) bond motifs is 1. The van der Waals surface area contributed by atoms with E-state index in [1.807, 2.05) is 13.8 Å². The minimum Gasteiger partial charge on any atom is -0.481 e. The summed E-state index contributed by atoms with van der Waals surface area (Å²) in [4.78, 5) is 21.9. The van der Waals surface area contributed by atoms with Gasteiger partial charge in [-0.1, -0.05) is 13.8 Å². The Morgan fingerprint density at radius 3 is 2.86 bits per heavy atom. The molecule has 1 amide bonds. The van der Waals surface area contributed by atoms with Gasteiger partial charge in [0.15, 0.2) is 12.4 Å². The van der Waals surface area contributed by atoms with Crippen molar-refractivity contribution < 1.29 is 19.6 Å². The molecule has 21 heavy (non-hydrogen) atoms. The van der Waals surface area contributed by atoms with Crippen molar-refractivity contribution in [2.75, 3.05) is 30.4 Å². The van der Waals surface area contributed by atoms with Crippen LogP contribution in [-0.2, 0) is 4.79 Å². The second-order valence-electron chi connectivity index (χ2n) is 5.64. The van der Waals surface area contributed by atoms with Crippen LogP contribution in [-0.4, -0.2) is 35.7 Å². The Balaban J connectivity index is 2.32. The maximum atomic E-state index is 11.3. The molecule has 1 heterocycles. The summed E-state index contributed by atoms with van der Waals surface area (Å²) in [6, 6.07) is 2.75. The highest BCUT2D eigenvalue weighted by atomic mass is 16.6. The number of nitrogens with zero attached hydrogens (tertiary/aromatic N) is 1. The van der Waals surface area contributed by atoms with Gasteiger partial charge in [-0.05, 0) is 6.07 Å². The molecule has 0 unspecified atom stereocenters. The van der Waals surface area contributed by atoms with Crippen LogP contribution in [0.25, 0.3) is 0 Å². The first-order valence-corrected chi connectivity index (χ1v) is 6.42. The molecule has 0 atom stereocenters. The van der Waals surface area contributed by atoms with Crippen molar-refractivity contribution in [3.05, 3.63) is 22.2 Å². The van der Waals surface area contributed by atoms with Crippen LogP contribution in [0.4, 0.5) is 17.1 Å². The van der Waals surface area contributed by atoms with Gasteiger partial charge in [-0.2, -0.15) is 0 Å². The zero-order chi connectivity index (χ0) is 15.6. The molecule has 114 valence electrons. The number of rotatable bonds is 5. The van der Waals surface area contributed by atoms with E-state index in [0.717, 1.165) is 0 Å². The summed E-state index contributed by atoms with van der Waals surface area (Å²) in [5, 5.41) is 25.9. The fourth-order valence-corrected chi connectivity index (χ4v) is 1.80. The van der Waals surface area contributed by atoms with E-state index in [9.17, 15) is 20.0 Å². The minimum absolute atomic E-state index is 0.0570. The molecule has 0 aromatic heterocycles. The van der Waals surface area contributed by atoms with Crippen molar-refractivity contribution >= 4 is 23.0 Å². The van der Waals surface area contributed by atoms with E-state index < -0.39 is 10.3 Å². The zero-order valence-electron chi connectivity index (χ0n) is 11.8. The van der Waals surface area contributed by atoms with Gasteiger partial charge >= 0.3 is 0 Å². The van der Waals surface area contributed by atoms with E-state index in [-0.39, 0.29) is 36.2 Å². The molecule has 1 aliphatic heterocycles. The molecule has 0 aliphatic carbocycles. The third-order valence-electron chi connectivity index (χ3n) is 3.11. The van der Waals surface area contributed by atoms with Crippen LogP contribution in [0.15, 0.2) is 12.1 Å². The summed E-state index contributed by atoms with van der Waals surface area (Å²) in [6.07, 6.45) is 0. The average molecular weight is 295 g/mol. The number of nitrogens with one attached hydrogen (secondary N) is 2. The summed E-state index contributed by atoms with van der Waals surface area (Å²) in [6.45, 7) is 3.79. The van der Waals surface area contributed by atoms with Gasteiger partial charge in [-0.25, -0.2) is 0 Å². The molecule has 0 saturated carbocycles. The average Bonchev–Trinajstić information content (AvgIpc) is 2.44. The predicted molar refractivity (Wildman–Crippen MR) is 76.6 cm³/mol. The van der Waals surface area contributed by atoms with Crippen molar-refractivity contribution in [3.63, 3.8) is 0 Å². The van der Waals surface area contributed by atoms with Gasteiger partial charge in [-0.15, -0.1) is 0 Å². The Labute approximate surface area is 121 Å². The molecule has 2 rings (SSSR count). The van der Waals surface area contributed by atoms with Crippen molar-refractivity contribution in [2.45, 2.75) is 13.8 Å². The monoisotopic (exact) mass is 295 g/mol. The fraction of sp³-hybridized carbons (Fsp3) is 0.462. The van der Waals surface area contributed by atoms with E-state index in [0.29, 0.717) is 12.2 Å². The molecule has 0 bridgehead atoms. The van der Waals surface area contributed by atoms with Crippen LogP contribution in [0, 0.1) is 15.5 Å². The summed E-state index contributed by atoms with van der Waals surface area (Å²) in [5.74, 6) is -0.0359. The van der Waals surface area contributed by atoms with Crippen LogP contribution in [0.1, 0.15) is 13.8 Å². The van der Waals surface area contributed by atoms with E-state index in [4.69, 9.17) is 4.74 Å². The Kier molecular flexibility index (Phi) is 3.99. The number of amides is 1. The van der Waals surface area contributed by atoms with Gasteiger partial charge in [0.1, 0.15) is 5.69 Å². The number of nitro groups is 1. The Morgan fingerprint density at radius 2 is 2.24 bits per heavy atom. The minimum atomic E-state index is -0.519. The van der Waals surface area contributed by atoms with Crippen molar-refractivity contribution in [2.24, 2.45) is 5.41 Å². The molecule has 0 fully saturated rings. The second-order valence-corrected chi connectivity index (χ2v) is 5.64. The van der Waals surface area contributed by atoms with Crippen molar-refractivity contribution in [1.29, 1.82) is 0 Å². The van der Waals surface area contributed by atoms with Gasteiger partial charge in [-0.3, -0.25) is 14.9 Å². The van der Waals surface area contributed by atoms with Gasteiger partial charge in [0.25, 0.3) is 11.6 Å². The lowest BCUT2D eigenvalue weighted by atomic mass is 9.95. The van der Waals surface area contributed by atoms with Gasteiger partial charge in [0.05, 0.1) is 16.7 Å². The molecule has 0 saturated heterocycles. The smallest absolute Gasteiger partial charge is 0.296 e. The van der Waals surface area contributed by atoms with Gasteiger partial charge < -0.3 is 20.5 Å². The number of carbonyl (C=O) groups is 1. The number of hydrogen-bond donors (Lipinski definition) is 3. The maximum absolute atomic E-state index is 11.3. The van der Waals surface area contributed by atoms with Crippen molar-refractivity contribution in [3.8, 4) is 5.75 Å². The molecule has 8 nitrogen and oxygen atoms in total. The quantitative estimate of drug-likeness (QED) is 0.558. The number of ether oxygens (including phenoxy) is 1. The summed E-state index contributed by atoms with van der Waals surface area (Å²) in [5.41, 5.74) is 0.0923. The van der Waals surface area contributed by atoms with Crippen LogP contribution < -0.4 is 15.4 Å². The van der Waals surface area contributed by atoms with E-state index in [1.165, 1.54) is 12.1 Å². The Bertz CT molecular complexity index is 585. The number of hydrogen-bond acceptors (Lipinski definition) is 6. The molecular weight excluding hydrogens is 278 g/mol. The largest absolute Gasteiger partial charge is 0.481 e. The standard InChI is InChI=1S/C13H17N3O5/c1-13(2,7-17)6-14-8-3-9-11(4-10(8)16(19)20)21-5-12(18)15-9/h3-4,14,17H,5-7H2,1-2H3,(H,15,18). The number of aliphatic hydroxyl groups is 1. The Hall–Kier alpha value is -2.35. The van der Waals surface area contributed by atoms with Crippen LogP contribution in [0.2, 0.25) is 0 Å². The predicted octanol–water partition coefficient (Wildman–Crippen LogP) is 1.36. The van der Waals surface area contributed by atoms with E-state index in [1.54, 1.807) is 0 Å². The van der Waals surface area contributed by atoms with E-state index >= 15 is 0 Å². The lowest BCUT2D eigenvalue weighted by molar-refractivity contribution is -0.384. The van der Waals surface area contributed by atoms with Gasteiger partial charge in [0, 0.05) is 18.6 Å². The number of carbonyl (C=O) groups excluding carboxylic acids is 1. The highest BCUT2D eigenvalue weighted by Gasteiger charge is 2.25. The van der Waals surface area contributed by atoms with E-state index in [2.05, 4.69) is 10.6 Å². The normalized spacial score (nSPS) is 14.0. The number of anilines is 2. The maximum Gasteiger partial charge on any atom is 0.296 e. The fourth-order valence-electron chi connectivity index (χ4n) is 1.80. The third kappa shape index (κ3) is 3.40. The van der Waals surface area contributed by atoms with Crippen LogP contribution >= 0.6 is 0 Å². The highest BCUT2D eigenvalue weighted by Crippen LogP contribution is 2.38. The molecule has 3 N–H and O–H groups in total. The lowest BCUT2D eigenvalue weighted by Gasteiger charge is -2.24. The molecular formula is C13H17N3O5. The first-order chi connectivity index (χ1) is 9.82. The molecule has 1 aromatic carbocycles. The number of benzene rings is 1. The van der Waals surface area contributed by atoms with Crippen molar-refractivity contribution in [1.82, 2.24) is 0 Å². The summed E-state index contributed by atoms with van der Waals surface area (Å²) < 4.78 is 5.16. The molecule has 0 radical (unpaired) electrons. The number of nitro benzene ring substituents is 1. The molecule has 8 heteroatoms. The summed E-state index contributed by atoms with van der Waals surface area (Å²) in [7, 11) is 0. The molecule has 0 spiro atoms. The lowest BCUT2D eigenvalue weighted by Crippen LogP contribution is -2.28. The van der Waals surface area contributed by atoms with Gasteiger partial charge in [0.2, 0.25) is 0 Å². The molecule has 1 aromatic rings. The zero-order valence-corrected chi connectivity index (χ0v) is 11.8. The second kappa shape index (κ2) is 5.57. The summed E-state index contributed by atoms with van der Waals surface area (Å²) >= 11 is 0. The highest BCUT2D eigenvalue weighted by molar-refractivity contribution is 5.96. The topological polar surface area (TPSA) is 114 Å². The SMILES string of the molecule is CC(C)(CO)CNc1cc2c(cc1[N+](=O)[O-])OCC(=O)N2.